The summed E-state index contributed by atoms with van der Waals surface area (Å²) in [5.74, 6) is -0.111. The molecule has 0 aromatic heterocycles. The van der Waals surface area contributed by atoms with Crippen LogP contribution < -0.4 is 10.6 Å². The molecule has 4 amide bonds. The molecular weight excluding hydrogens is 556 g/mol. The minimum absolute atomic E-state index is 0.0503. The Morgan fingerprint density at radius 3 is 2.36 bits per heavy atom. The van der Waals surface area contributed by atoms with Crippen LogP contribution in [0, 0.1) is 6.92 Å². The monoisotopic (exact) mass is 602 g/mol. The average Bonchev–Trinajstić information content (AvgIpc) is 3.22. The smallest absolute Gasteiger partial charge is 0.410 e. The van der Waals surface area contributed by atoms with Crippen LogP contribution >= 0.6 is 0 Å². The number of fused-ring (bicyclic) bond motifs is 1. The lowest BCUT2D eigenvalue weighted by molar-refractivity contribution is -0.143. The van der Waals surface area contributed by atoms with Crippen LogP contribution in [0.4, 0.5) is 15.3 Å². The van der Waals surface area contributed by atoms with Crippen molar-refractivity contribution in [2.45, 2.75) is 63.6 Å². The van der Waals surface area contributed by atoms with Gasteiger partial charge in [-0.05, 0) is 69.3 Å². The number of anilines is 1. The van der Waals surface area contributed by atoms with E-state index in [1.807, 2.05) is 53.1 Å². The molecule has 3 saturated heterocycles. The highest BCUT2D eigenvalue weighted by molar-refractivity contribution is 5.91. The van der Waals surface area contributed by atoms with Gasteiger partial charge in [0.05, 0.1) is 0 Å². The third-order valence-corrected chi connectivity index (χ3v) is 9.78. The van der Waals surface area contributed by atoms with Gasteiger partial charge >= 0.3 is 12.1 Å². The van der Waals surface area contributed by atoms with E-state index >= 15 is 0 Å². The van der Waals surface area contributed by atoms with Crippen LogP contribution in [-0.4, -0.2) is 115 Å². The number of ether oxygens (including phenoxy) is 1. The highest BCUT2D eigenvalue weighted by atomic mass is 16.6. The van der Waals surface area contributed by atoms with Crippen molar-refractivity contribution in [2.24, 2.45) is 0 Å². The lowest BCUT2D eigenvalue weighted by Gasteiger charge is -2.41. The number of nitrogens with zero attached hydrogens (tertiary/aromatic N) is 4. The van der Waals surface area contributed by atoms with Gasteiger partial charge in [0.2, 0.25) is 0 Å². The molecule has 44 heavy (non-hydrogen) atoms. The number of nitrogens with one attached hydrogen (secondary N) is 2. The van der Waals surface area contributed by atoms with E-state index in [1.165, 1.54) is 0 Å². The third-order valence-electron chi connectivity index (χ3n) is 9.78. The van der Waals surface area contributed by atoms with Gasteiger partial charge in [0.15, 0.2) is 6.10 Å². The number of amides is 4. The fourth-order valence-corrected chi connectivity index (χ4v) is 7.21. The fourth-order valence-electron chi connectivity index (χ4n) is 7.21. The van der Waals surface area contributed by atoms with Crippen molar-refractivity contribution >= 4 is 23.7 Å². The van der Waals surface area contributed by atoms with Gasteiger partial charge in [-0.2, -0.15) is 0 Å². The molecule has 4 aliphatic rings. The van der Waals surface area contributed by atoms with Gasteiger partial charge in [-0.1, -0.05) is 48.0 Å². The Labute approximate surface area is 260 Å². The summed E-state index contributed by atoms with van der Waals surface area (Å²) in [6.07, 6.45) is 3.47. The average molecular weight is 603 g/mol. The molecule has 0 spiro atoms. The van der Waals surface area contributed by atoms with E-state index in [0.29, 0.717) is 58.0 Å². The van der Waals surface area contributed by atoms with Crippen LogP contribution in [0.2, 0.25) is 0 Å². The number of carbonyl (C=O) groups is 3. The fraction of sp³-hybridized carbons (Fsp3) is 0.559. The van der Waals surface area contributed by atoms with Crippen molar-refractivity contribution < 1.29 is 19.1 Å². The van der Waals surface area contributed by atoms with Gasteiger partial charge in [0.25, 0.3) is 5.91 Å². The minimum atomic E-state index is -0.873. The molecule has 4 aliphatic heterocycles. The summed E-state index contributed by atoms with van der Waals surface area (Å²) >= 11 is 0. The van der Waals surface area contributed by atoms with Crippen LogP contribution in [-0.2, 0) is 22.4 Å². The van der Waals surface area contributed by atoms with Crippen LogP contribution in [0.1, 0.15) is 42.4 Å². The van der Waals surface area contributed by atoms with E-state index < -0.39 is 12.2 Å². The molecule has 2 aromatic carbocycles. The number of para-hydroxylation sites is 1. The van der Waals surface area contributed by atoms with Gasteiger partial charge < -0.3 is 30.1 Å². The molecule has 0 bridgehead atoms. The standard InChI is InChI=1S/C34H46N6O4/c1-25-5-4-6-26(23-25)24-31(32(41)38-21-19-37(20-22-38)28-9-14-35-15-10-28)44-34(43)39-16-12-29(13-17-39)40-18-11-27-7-2-3-8-30(27)36-33(40)42/h2-8,23,28-29,31,35H,9-22,24H2,1H3,(H,36,42). The molecule has 0 saturated carbocycles. The second-order valence-electron chi connectivity index (χ2n) is 12.7. The quantitative estimate of drug-likeness (QED) is 0.526. The second kappa shape index (κ2) is 14.0. The molecule has 3 fully saturated rings. The second-order valence-corrected chi connectivity index (χ2v) is 12.7. The van der Waals surface area contributed by atoms with Crippen LogP contribution in [0.15, 0.2) is 48.5 Å². The Kier molecular flexibility index (Phi) is 9.66. The first-order chi connectivity index (χ1) is 21.4. The topological polar surface area (TPSA) is 97.5 Å². The van der Waals surface area contributed by atoms with Crippen molar-refractivity contribution in [3.8, 4) is 0 Å². The molecule has 1 atom stereocenters. The highest BCUT2D eigenvalue weighted by Crippen LogP contribution is 2.25. The zero-order chi connectivity index (χ0) is 30.5. The molecule has 6 rings (SSSR count). The number of piperazine rings is 1. The van der Waals surface area contributed by atoms with Crippen LogP contribution in [0.3, 0.4) is 0 Å². The Hall–Kier alpha value is -3.63. The van der Waals surface area contributed by atoms with E-state index in [0.717, 1.165) is 67.8 Å². The van der Waals surface area contributed by atoms with Gasteiger partial charge in [0.1, 0.15) is 0 Å². The number of hydrogen-bond acceptors (Lipinski definition) is 6. The van der Waals surface area contributed by atoms with E-state index in [-0.39, 0.29) is 18.0 Å². The first-order valence-electron chi connectivity index (χ1n) is 16.3. The molecule has 0 aliphatic carbocycles. The molecule has 1 unspecified atom stereocenters. The molecule has 4 heterocycles. The summed E-state index contributed by atoms with van der Waals surface area (Å²) in [4.78, 5) is 48.4. The van der Waals surface area contributed by atoms with E-state index in [4.69, 9.17) is 4.74 Å². The molecule has 236 valence electrons. The number of carbonyl (C=O) groups excluding carboxylic acids is 3. The van der Waals surface area contributed by atoms with Gasteiger partial charge in [-0.15, -0.1) is 0 Å². The predicted octanol–water partition coefficient (Wildman–Crippen LogP) is 3.49. The molecule has 10 heteroatoms. The largest absolute Gasteiger partial charge is 0.436 e. The Morgan fingerprint density at radius 1 is 0.864 bits per heavy atom. The lowest BCUT2D eigenvalue weighted by atomic mass is 10.0. The van der Waals surface area contributed by atoms with Crippen molar-refractivity contribution in [3.63, 3.8) is 0 Å². The maximum Gasteiger partial charge on any atom is 0.410 e. The summed E-state index contributed by atoms with van der Waals surface area (Å²) in [7, 11) is 0. The summed E-state index contributed by atoms with van der Waals surface area (Å²) < 4.78 is 6.04. The van der Waals surface area contributed by atoms with Crippen LogP contribution in [0.5, 0.6) is 0 Å². The molecular formula is C34H46N6O4. The van der Waals surface area contributed by atoms with Crippen molar-refractivity contribution in [2.75, 3.05) is 64.2 Å². The van der Waals surface area contributed by atoms with Crippen molar-refractivity contribution in [3.05, 3.63) is 65.2 Å². The summed E-state index contributed by atoms with van der Waals surface area (Å²) in [5, 5.41) is 6.49. The summed E-state index contributed by atoms with van der Waals surface area (Å²) in [5.41, 5.74) is 4.11. The summed E-state index contributed by atoms with van der Waals surface area (Å²) in [6, 6.07) is 16.5. The minimum Gasteiger partial charge on any atom is -0.436 e. The number of urea groups is 1. The number of aryl methyl sites for hydroxylation is 1. The summed E-state index contributed by atoms with van der Waals surface area (Å²) in [6.45, 7) is 8.75. The Balaban J connectivity index is 1.06. The molecule has 2 aromatic rings. The lowest BCUT2D eigenvalue weighted by Crippen LogP contribution is -2.56. The number of benzene rings is 2. The van der Waals surface area contributed by atoms with Gasteiger partial charge in [0, 0.05) is 70.0 Å². The van der Waals surface area contributed by atoms with Gasteiger partial charge in [-0.25, -0.2) is 9.59 Å². The number of rotatable bonds is 6. The number of piperidine rings is 2. The maximum absolute atomic E-state index is 13.9. The van der Waals surface area contributed by atoms with E-state index in [9.17, 15) is 14.4 Å². The van der Waals surface area contributed by atoms with Gasteiger partial charge in [-0.3, -0.25) is 9.69 Å². The highest BCUT2D eigenvalue weighted by Gasteiger charge is 2.36. The molecule has 2 N–H and O–H groups in total. The zero-order valence-electron chi connectivity index (χ0n) is 25.9. The Bertz CT molecular complexity index is 1310. The van der Waals surface area contributed by atoms with Crippen molar-refractivity contribution in [1.29, 1.82) is 0 Å². The maximum atomic E-state index is 13.9. The van der Waals surface area contributed by atoms with E-state index in [1.54, 1.807) is 4.90 Å². The zero-order valence-corrected chi connectivity index (χ0v) is 25.9. The van der Waals surface area contributed by atoms with Crippen molar-refractivity contribution in [1.82, 2.24) is 24.9 Å². The first kappa shape index (κ1) is 30.4. The SMILES string of the molecule is Cc1cccc(CC(OC(=O)N2CCC(N3CCc4ccccc4NC3=O)CC2)C(=O)N2CCN(C3CCNCC3)CC2)c1. The molecule has 10 nitrogen and oxygen atoms in total. The number of likely N-dealkylation sites (tertiary alicyclic amines) is 1. The molecule has 0 radical (unpaired) electrons. The first-order valence-corrected chi connectivity index (χ1v) is 16.3. The van der Waals surface area contributed by atoms with E-state index in [2.05, 4.69) is 27.7 Å². The number of hydrogen-bond donors (Lipinski definition) is 2. The normalized spacial score (nSPS) is 21.3. The third kappa shape index (κ3) is 7.18. The van der Waals surface area contributed by atoms with Crippen LogP contribution in [0.25, 0.3) is 0 Å². The predicted molar refractivity (Wildman–Crippen MR) is 170 cm³/mol. The Morgan fingerprint density at radius 2 is 1.61 bits per heavy atom.